The van der Waals surface area contributed by atoms with Gasteiger partial charge in [0.1, 0.15) is 12.0 Å². The number of carbonyl (C=O) groups excluding carboxylic acids is 2. The molecule has 0 saturated carbocycles. The van der Waals surface area contributed by atoms with Crippen LogP contribution in [0.3, 0.4) is 0 Å². The van der Waals surface area contributed by atoms with Gasteiger partial charge in [-0.3, -0.25) is 9.59 Å². The predicted octanol–water partition coefficient (Wildman–Crippen LogP) is 1.98. The van der Waals surface area contributed by atoms with Gasteiger partial charge in [0.05, 0.1) is 5.41 Å². The van der Waals surface area contributed by atoms with E-state index in [1.807, 2.05) is 26.0 Å². The fraction of sp³-hybridized carbons (Fsp3) is 0.250. The summed E-state index contributed by atoms with van der Waals surface area (Å²) in [5.74, 6) is -0.264. The van der Waals surface area contributed by atoms with E-state index in [-0.39, 0.29) is 11.8 Å². The molecule has 2 amide bonds. The number of aromatic nitrogens is 2. The summed E-state index contributed by atoms with van der Waals surface area (Å²) >= 11 is 0. The van der Waals surface area contributed by atoms with Gasteiger partial charge in [-0.1, -0.05) is 0 Å². The number of nitrogens with zero attached hydrogens (tertiary/aromatic N) is 3. The van der Waals surface area contributed by atoms with Crippen LogP contribution < -0.4 is 10.2 Å². The first-order chi connectivity index (χ1) is 10.4. The Labute approximate surface area is 128 Å². The SMILES string of the molecule is CN1C(=O)C(C)(C)c2cc(NC(=O)c3ccncn3)ccc21. The van der Waals surface area contributed by atoms with Crippen molar-refractivity contribution < 1.29 is 9.59 Å². The van der Waals surface area contributed by atoms with Crippen LogP contribution in [0, 0.1) is 0 Å². The van der Waals surface area contributed by atoms with Crippen LogP contribution >= 0.6 is 0 Å². The van der Waals surface area contributed by atoms with E-state index in [2.05, 4.69) is 15.3 Å². The molecule has 0 atom stereocenters. The van der Waals surface area contributed by atoms with Crippen molar-refractivity contribution in [3.05, 3.63) is 48.0 Å². The lowest BCUT2D eigenvalue weighted by Gasteiger charge is -2.16. The molecule has 22 heavy (non-hydrogen) atoms. The minimum Gasteiger partial charge on any atom is -0.321 e. The summed E-state index contributed by atoms with van der Waals surface area (Å²) in [6, 6.07) is 7.01. The number of amides is 2. The number of nitrogens with one attached hydrogen (secondary N) is 1. The van der Waals surface area contributed by atoms with Crippen molar-refractivity contribution in [3.8, 4) is 0 Å². The molecule has 6 nitrogen and oxygen atoms in total. The van der Waals surface area contributed by atoms with Crippen LogP contribution in [-0.4, -0.2) is 28.8 Å². The number of hydrogen-bond donors (Lipinski definition) is 1. The van der Waals surface area contributed by atoms with E-state index in [9.17, 15) is 9.59 Å². The second-order valence-electron chi connectivity index (χ2n) is 5.77. The molecule has 0 fully saturated rings. The summed E-state index contributed by atoms with van der Waals surface area (Å²) in [4.78, 5) is 33.7. The molecule has 6 heteroatoms. The number of hydrogen-bond acceptors (Lipinski definition) is 4. The third-order valence-electron chi connectivity index (χ3n) is 3.94. The van der Waals surface area contributed by atoms with Crippen LogP contribution in [0.15, 0.2) is 36.8 Å². The monoisotopic (exact) mass is 296 g/mol. The van der Waals surface area contributed by atoms with Gasteiger partial charge < -0.3 is 10.2 Å². The van der Waals surface area contributed by atoms with E-state index < -0.39 is 5.41 Å². The normalized spacial score (nSPS) is 15.6. The summed E-state index contributed by atoms with van der Waals surface area (Å²) in [6.45, 7) is 3.77. The van der Waals surface area contributed by atoms with Crippen molar-refractivity contribution in [1.29, 1.82) is 0 Å². The average molecular weight is 296 g/mol. The summed E-state index contributed by atoms with van der Waals surface area (Å²) in [5.41, 5.74) is 2.11. The Hall–Kier alpha value is -2.76. The molecule has 0 unspecified atom stereocenters. The molecule has 1 aromatic carbocycles. The number of anilines is 2. The van der Waals surface area contributed by atoms with Crippen LogP contribution in [0.25, 0.3) is 0 Å². The summed E-state index contributed by atoms with van der Waals surface area (Å²) in [5, 5.41) is 2.80. The zero-order valence-corrected chi connectivity index (χ0v) is 12.6. The van der Waals surface area contributed by atoms with E-state index >= 15 is 0 Å². The quantitative estimate of drug-likeness (QED) is 0.919. The molecular formula is C16H16N4O2. The van der Waals surface area contributed by atoms with Crippen LogP contribution in [0.2, 0.25) is 0 Å². The third-order valence-corrected chi connectivity index (χ3v) is 3.94. The number of carbonyl (C=O) groups is 2. The van der Waals surface area contributed by atoms with Crippen LogP contribution in [0.1, 0.15) is 29.9 Å². The second kappa shape index (κ2) is 4.91. The lowest BCUT2D eigenvalue weighted by Crippen LogP contribution is -2.33. The van der Waals surface area contributed by atoms with Crippen molar-refractivity contribution >= 4 is 23.2 Å². The minimum atomic E-state index is -0.597. The first-order valence-electron chi connectivity index (χ1n) is 6.91. The average Bonchev–Trinajstić information content (AvgIpc) is 2.69. The maximum absolute atomic E-state index is 12.3. The van der Waals surface area contributed by atoms with Gasteiger partial charge in [0, 0.05) is 24.6 Å². The Balaban J connectivity index is 1.91. The van der Waals surface area contributed by atoms with Gasteiger partial charge in [0.2, 0.25) is 5.91 Å². The Morgan fingerprint density at radius 1 is 1.27 bits per heavy atom. The highest BCUT2D eigenvalue weighted by Gasteiger charge is 2.42. The predicted molar refractivity (Wildman–Crippen MR) is 82.9 cm³/mol. The number of benzene rings is 1. The molecule has 1 aliphatic heterocycles. The maximum Gasteiger partial charge on any atom is 0.274 e. The summed E-state index contributed by atoms with van der Waals surface area (Å²) in [6.07, 6.45) is 2.84. The zero-order chi connectivity index (χ0) is 15.9. The molecule has 0 aliphatic carbocycles. The molecule has 2 aromatic rings. The second-order valence-corrected chi connectivity index (χ2v) is 5.77. The molecule has 112 valence electrons. The highest BCUT2D eigenvalue weighted by molar-refractivity contribution is 6.08. The van der Waals surface area contributed by atoms with Crippen LogP contribution in [0.4, 0.5) is 11.4 Å². The Kier molecular flexibility index (Phi) is 3.16. The smallest absolute Gasteiger partial charge is 0.274 e. The molecule has 0 radical (unpaired) electrons. The zero-order valence-electron chi connectivity index (χ0n) is 12.6. The first-order valence-corrected chi connectivity index (χ1v) is 6.91. The van der Waals surface area contributed by atoms with Gasteiger partial charge in [0.25, 0.3) is 5.91 Å². The Morgan fingerprint density at radius 3 is 2.73 bits per heavy atom. The van der Waals surface area contributed by atoms with E-state index in [1.165, 1.54) is 12.5 Å². The fourth-order valence-corrected chi connectivity index (χ4v) is 2.67. The molecule has 0 spiro atoms. The number of rotatable bonds is 2. The van der Waals surface area contributed by atoms with Crippen molar-refractivity contribution in [1.82, 2.24) is 9.97 Å². The maximum atomic E-state index is 12.3. The molecule has 1 aliphatic rings. The molecule has 0 saturated heterocycles. The molecule has 2 heterocycles. The number of likely N-dealkylation sites (N-methyl/N-ethyl adjacent to an activating group) is 1. The van der Waals surface area contributed by atoms with Crippen molar-refractivity contribution in [2.45, 2.75) is 19.3 Å². The Bertz CT molecular complexity index is 756. The van der Waals surface area contributed by atoms with Crippen molar-refractivity contribution in [3.63, 3.8) is 0 Å². The largest absolute Gasteiger partial charge is 0.321 e. The minimum absolute atomic E-state index is 0.0433. The molecule has 1 N–H and O–H groups in total. The summed E-state index contributed by atoms with van der Waals surface area (Å²) in [7, 11) is 1.76. The summed E-state index contributed by atoms with van der Waals surface area (Å²) < 4.78 is 0. The highest BCUT2D eigenvalue weighted by atomic mass is 16.2. The van der Waals surface area contributed by atoms with Gasteiger partial charge >= 0.3 is 0 Å². The topological polar surface area (TPSA) is 75.2 Å². The molecular weight excluding hydrogens is 280 g/mol. The van der Waals surface area contributed by atoms with Crippen LogP contribution in [-0.2, 0) is 10.2 Å². The van der Waals surface area contributed by atoms with Gasteiger partial charge in [0.15, 0.2) is 0 Å². The van der Waals surface area contributed by atoms with Gasteiger partial charge in [-0.25, -0.2) is 9.97 Å². The van der Waals surface area contributed by atoms with E-state index in [0.29, 0.717) is 11.4 Å². The highest BCUT2D eigenvalue weighted by Crippen LogP contribution is 2.41. The lowest BCUT2D eigenvalue weighted by atomic mass is 9.86. The van der Waals surface area contributed by atoms with Crippen molar-refractivity contribution in [2.24, 2.45) is 0 Å². The molecule has 3 rings (SSSR count). The molecule has 1 aromatic heterocycles. The van der Waals surface area contributed by atoms with Gasteiger partial charge in [-0.2, -0.15) is 0 Å². The van der Waals surface area contributed by atoms with E-state index in [1.54, 1.807) is 24.1 Å². The lowest BCUT2D eigenvalue weighted by molar-refractivity contribution is -0.121. The third kappa shape index (κ3) is 2.13. The Morgan fingerprint density at radius 2 is 2.05 bits per heavy atom. The number of fused-ring (bicyclic) bond motifs is 1. The van der Waals surface area contributed by atoms with Gasteiger partial charge in [-0.05, 0) is 43.7 Å². The van der Waals surface area contributed by atoms with E-state index in [0.717, 1.165) is 11.3 Å². The van der Waals surface area contributed by atoms with Crippen LogP contribution in [0.5, 0.6) is 0 Å². The van der Waals surface area contributed by atoms with Crippen molar-refractivity contribution in [2.75, 3.05) is 17.3 Å². The molecule has 0 bridgehead atoms. The van der Waals surface area contributed by atoms with Gasteiger partial charge in [-0.15, -0.1) is 0 Å². The fourth-order valence-electron chi connectivity index (χ4n) is 2.67. The van der Waals surface area contributed by atoms with E-state index in [4.69, 9.17) is 0 Å². The first kappa shape index (κ1) is 14.2. The standard InChI is InChI=1S/C16H16N4O2/c1-16(2)11-8-10(4-5-13(11)20(3)15(16)22)19-14(21)12-6-7-17-9-18-12/h4-9H,1-3H3,(H,19,21).